The van der Waals surface area contributed by atoms with Crippen molar-refractivity contribution in [2.24, 2.45) is 5.73 Å². The number of halogens is 1. The first kappa shape index (κ1) is 17.7. The SMILES string of the molecule is CC(C)(C)[Si](C)(C)OCc1cc(CCCN)ccc1Cl. The lowest BCUT2D eigenvalue weighted by atomic mass is 10.1. The van der Waals surface area contributed by atoms with Crippen LogP contribution in [0.2, 0.25) is 23.2 Å². The smallest absolute Gasteiger partial charge is 0.192 e. The fourth-order valence-electron chi connectivity index (χ4n) is 1.68. The van der Waals surface area contributed by atoms with Crippen molar-refractivity contribution in [1.82, 2.24) is 0 Å². The number of benzene rings is 1. The molecule has 0 radical (unpaired) electrons. The van der Waals surface area contributed by atoms with Gasteiger partial charge in [0, 0.05) is 5.02 Å². The molecule has 0 fully saturated rings. The Labute approximate surface area is 129 Å². The average Bonchev–Trinajstić information content (AvgIpc) is 2.35. The number of hydrogen-bond acceptors (Lipinski definition) is 2. The second-order valence-corrected chi connectivity index (χ2v) is 12.1. The maximum atomic E-state index is 6.28. The van der Waals surface area contributed by atoms with Crippen LogP contribution in [0, 0.1) is 0 Å². The first-order valence-electron chi connectivity index (χ1n) is 7.29. The van der Waals surface area contributed by atoms with E-state index in [9.17, 15) is 0 Å². The summed E-state index contributed by atoms with van der Waals surface area (Å²) in [4.78, 5) is 0. The molecular formula is C16H28ClNOSi. The van der Waals surface area contributed by atoms with E-state index in [2.05, 4.69) is 46.0 Å². The lowest BCUT2D eigenvalue weighted by Gasteiger charge is -2.36. The Bertz CT molecular complexity index is 441. The van der Waals surface area contributed by atoms with Crippen molar-refractivity contribution in [1.29, 1.82) is 0 Å². The van der Waals surface area contributed by atoms with Crippen molar-refractivity contribution in [2.75, 3.05) is 6.54 Å². The van der Waals surface area contributed by atoms with Crippen molar-refractivity contribution in [2.45, 2.75) is 58.4 Å². The summed E-state index contributed by atoms with van der Waals surface area (Å²) in [5.41, 5.74) is 7.94. The number of rotatable bonds is 6. The molecule has 0 heterocycles. The van der Waals surface area contributed by atoms with Gasteiger partial charge in [-0.15, -0.1) is 0 Å². The van der Waals surface area contributed by atoms with Crippen molar-refractivity contribution >= 4 is 19.9 Å². The zero-order chi connectivity index (χ0) is 15.4. The summed E-state index contributed by atoms with van der Waals surface area (Å²) in [5.74, 6) is 0. The van der Waals surface area contributed by atoms with Crippen molar-refractivity contribution in [3.8, 4) is 0 Å². The van der Waals surface area contributed by atoms with Crippen molar-refractivity contribution in [3.63, 3.8) is 0 Å². The van der Waals surface area contributed by atoms with E-state index in [0.29, 0.717) is 6.61 Å². The molecule has 2 nitrogen and oxygen atoms in total. The van der Waals surface area contributed by atoms with Crippen LogP contribution in [0.4, 0.5) is 0 Å². The monoisotopic (exact) mass is 313 g/mol. The Morgan fingerprint density at radius 3 is 2.45 bits per heavy atom. The third-order valence-electron chi connectivity index (χ3n) is 4.17. The largest absolute Gasteiger partial charge is 0.413 e. The second kappa shape index (κ2) is 7.08. The van der Waals surface area contributed by atoms with Gasteiger partial charge in [-0.05, 0) is 54.7 Å². The maximum absolute atomic E-state index is 6.28. The van der Waals surface area contributed by atoms with Crippen LogP contribution in [-0.4, -0.2) is 14.9 Å². The summed E-state index contributed by atoms with van der Waals surface area (Å²) in [6.45, 7) is 12.6. The Kier molecular flexibility index (Phi) is 6.26. The van der Waals surface area contributed by atoms with Gasteiger partial charge >= 0.3 is 0 Å². The van der Waals surface area contributed by atoms with Gasteiger partial charge in [-0.25, -0.2) is 0 Å². The molecule has 0 bridgehead atoms. The van der Waals surface area contributed by atoms with Gasteiger partial charge in [-0.2, -0.15) is 0 Å². The molecule has 2 N–H and O–H groups in total. The molecule has 0 saturated carbocycles. The summed E-state index contributed by atoms with van der Waals surface area (Å²) >= 11 is 6.28. The topological polar surface area (TPSA) is 35.2 Å². The fourth-order valence-corrected chi connectivity index (χ4v) is 2.80. The van der Waals surface area contributed by atoms with Gasteiger partial charge in [0.2, 0.25) is 0 Å². The van der Waals surface area contributed by atoms with Crippen LogP contribution in [0.3, 0.4) is 0 Å². The van der Waals surface area contributed by atoms with E-state index >= 15 is 0 Å². The first-order chi connectivity index (χ1) is 9.17. The van der Waals surface area contributed by atoms with E-state index in [1.54, 1.807) is 0 Å². The van der Waals surface area contributed by atoms with Crippen LogP contribution >= 0.6 is 11.6 Å². The molecule has 1 aromatic rings. The molecule has 0 aliphatic carbocycles. The minimum absolute atomic E-state index is 0.219. The molecule has 4 heteroatoms. The Hall–Kier alpha value is -0.353. The van der Waals surface area contributed by atoms with Gasteiger partial charge in [0.05, 0.1) is 6.61 Å². The predicted molar refractivity (Wildman–Crippen MR) is 90.8 cm³/mol. The predicted octanol–water partition coefficient (Wildman–Crippen LogP) is 4.75. The minimum Gasteiger partial charge on any atom is -0.413 e. The fraction of sp³-hybridized carbons (Fsp3) is 0.625. The lowest BCUT2D eigenvalue weighted by Crippen LogP contribution is -2.40. The summed E-state index contributed by atoms with van der Waals surface area (Å²) < 4.78 is 6.25. The van der Waals surface area contributed by atoms with Crippen molar-refractivity contribution in [3.05, 3.63) is 34.3 Å². The van der Waals surface area contributed by atoms with Crippen LogP contribution in [-0.2, 0) is 17.5 Å². The summed E-state index contributed by atoms with van der Waals surface area (Å²) in [6, 6.07) is 6.21. The zero-order valence-corrected chi connectivity index (χ0v) is 15.2. The molecule has 20 heavy (non-hydrogen) atoms. The molecule has 1 rings (SSSR count). The quantitative estimate of drug-likeness (QED) is 0.769. The van der Waals surface area contributed by atoms with Crippen LogP contribution < -0.4 is 5.73 Å². The summed E-state index contributed by atoms with van der Waals surface area (Å²) in [7, 11) is -1.73. The van der Waals surface area contributed by atoms with E-state index in [-0.39, 0.29) is 5.04 Å². The zero-order valence-electron chi connectivity index (χ0n) is 13.4. The number of aryl methyl sites for hydroxylation is 1. The highest BCUT2D eigenvalue weighted by atomic mass is 35.5. The van der Waals surface area contributed by atoms with Gasteiger partial charge in [-0.3, -0.25) is 0 Å². The van der Waals surface area contributed by atoms with Crippen LogP contribution in [0.5, 0.6) is 0 Å². The highest BCUT2D eigenvalue weighted by Crippen LogP contribution is 2.37. The second-order valence-electron chi connectivity index (χ2n) is 6.87. The summed E-state index contributed by atoms with van der Waals surface area (Å²) in [6.07, 6.45) is 2.00. The summed E-state index contributed by atoms with van der Waals surface area (Å²) in [5, 5.41) is 1.01. The first-order valence-corrected chi connectivity index (χ1v) is 10.6. The third-order valence-corrected chi connectivity index (χ3v) is 9.02. The van der Waals surface area contributed by atoms with E-state index in [4.69, 9.17) is 21.8 Å². The van der Waals surface area contributed by atoms with Gasteiger partial charge in [-0.1, -0.05) is 44.5 Å². The molecule has 0 unspecified atom stereocenters. The lowest BCUT2D eigenvalue weighted by molar-refractivity contribution is 0.276. The van der Waals surface area contributed by atoms with E-state index < -0.39 is 8.32 Å². The normalized spacial score (nSPS) is 12.8. The minimum atomic E-state index is -1.73. The maximum Gasteiger partial charge on any atom is 0.192 e. The Balaban J connectivity index is 2.77. The Morgan fingerprint density at radius 1 is 1.25 bits per heavy atom. The van der Waals surface area contributed by atoms with E-state index in [0.717, 1.165) is 30.0 Å². The third kappa shape index (κ3) is 4.88. The van der Waals surface area contributed by atoms with Gasteiger partial charge in [0.15, 0.2) is 8.32 Å². The van der Waals surface area contributed by atoms with Crippen LogP contribution in [0.25, 0.3) is 0 Å². The molecule has 0 aromatic heterocycles. The van der Waals surface area contributed by atoms with Crippen LogP contribution in [0.1, 0.15) is 38.3 Å². The molecule has 0 aliphatic heterocycles. The molecule has 1 aromatic carbocycles. The number of hydrogen-bond donors (Lipinski definition) is 1. The average molecular weight is 314 g/mol. The molecule has 114 valence electrons. The molecular weight excluding hydrogens is 286 g/mol. The molecule has 0 atom stereocenters. The van der Waals surface area contributed by atoms with Gasteiger partial charge in [0.25, 0.3) is 0 Å². The van der Waals surface area contributed by atoms with Crippen LogP contribution in [0.15, 0.2) is 18.2 Å². The van der Waals surface area contributed by atoms with E-state index in [1.807, 2.05) is 6.07 Å². The van der Waals surface area contributed by atoms with Crippen molar-refractivity contribution < 1.29 is 4.43 Å². The molecule has 0 spiro atoms. The molecule has 0 aliphatic rings. The van der Waals surface area contributed by atoms with E-state index in [1.165, 1.54) is 5.56 Å². The standard InChI is InChI=1S/C16H28ClNOSi/c1-16(2,3)20(4,5)19-12-14-11-13(7-6-10-18)8-9-15(14)17/h8-9,11H,6-7,10,12,18H2,1-5H3. The highest BCUT2D eigenvalue weighted by Gasteiger charge is 2.37. The molecule has 0 saturated heterocycles. The number of nitrogens with two attached hydrogens (primary N) is 1. The van der Waals surface area contributed by atoms with Gasteiger partial charge < -0.3 is 10.2 Å². The Morgan fingerprint density at radius 2 is 1.90 bits per heavy atom. The molecule has 0 amide bonds. The highest BCUT2D eigenvalue weighted by molar-refractivity contribution is 6.74. The van der Waals surface area contributed by atoms with Gasteiger partial charge in [0.1, 0.15) is 0 Å².